The van der Waals surface area contributed by atoms with Crippen LogP contribution in [0.25, 0.3) is 0 Å². The Morgan fingerprint density at radius 2 is 1.93 bits per heavy atom. The van der Waals surface area contributed by atoms with Gasteiger partial charge in [0, 0.05) is 11.5 Å². The van der Waals surface area contributed by atoms with Crippen LogP contribution in [0.3, 0.4) is 0 Å². The molecule has 1 aromatic carbocycles. The summed E-state index contributed by atoms with van der Waals surface area (Å²) in [4.78, 5) is 0. The summed E-state index contributed by atoms with van der Waals surface area (Å²) in [7, 11) is 0. The van der Waals surface area contributed by atoms with Gasteiger partial charge >= 0.3 is 0 Å². The molecular formula is C21H31ClN4OS. The second-order valence-electron chi connectivity index (χ2n) is 7.25. The summed E-state index contributed by atoms with van der Waals surface area (Å²) in [6.45, 7) is 7.05. The van der Waals surface area contributed by atoms with Crippen molar-refractivity contribution < 1.29 is 4.74 Å². The molecule has 2 rings (SSSR count). The van der Waals surface area contributed by atoms with Crippen molar-refractivity contribution >= 4 is 30.0 Å². The van der Waals surface area contributed by atoms with Crippen molar-refractivity contribution in [3.8, 4) is 5.75 Å². The topological polar surface area (TPSA) is 55.2 Å². The number of aromatic amines is 1. The van der Waals surface area contributed by atoms with E-state index in [-0.39, 0.29) is 5.92 Å². The average molecular weight is 423 g/mol. The van der Waals surface area contributed by atoms with Gasteiger partial charge in [-0.1, -0.05) is 70.9 Å². The molecule has 0 radical (unpaired) electrons. The molecule has 0 saturated heterocycles. The highest BCUT2D eigenvalue weighted by Crippen LogP contribution is 2.22. The molecule has 0 fully saturated rings. The molecule has 0 aliphatic rings. The standard InChI is InChI=1S/C21H31ClN4OS/c1-4-5-6-7-8-9-10-13-27-18-12-11-17(19(22)14-18)15-23-26-20(16(2)3)24-25-21(26)28/h11-12,14-16H,4-10,13H2,1-3H3,(H,25,28)/b23-15-. The molecule has 1 N–H and O–H groups in total. The van der Waals surface area contributed by atoms with Gasteiger partial charge in [-0.2, -0.15) is 14.9 Å². The molecule has 0 saturated carbocycles. The molecule has 0 unspecified atom stereocenters. The van der Waals surface area contributed by atoms with E-state index in [4.69, 9.17) is 28.6 Å². The molecule has 5 nitrogen and oxygen atoms in total. The first-order valence-corrected chi connectivity index (χ1v) is 11.0. The third kappa shape index (κ3) is 7.06. The van der Waals surface area contributed by atoms with Crippen LogP contribution in [0.15, 0.2) is 23.3 Å². The molecule has 0 aliphatic heterocycles. The minimum atomic E-state index is 0.211. The lowest BCUT2D eigenvalue weighted by atomic mass is 10.1. The summed E-state index contributed by atoms with van der Waals surface area (Å²) < 4.78 is 7.91. The number of rotatable bonds is 12. The van der Waals surface area contributed by atoms with Crippen LogP contribution in [0.1, 0.15) is 83.0 Å². The summed E-state index contributed by atoms with van der Waals surface area (Å²) in [6.07, 6.45) is 10.6. The predicted octanol–water partition coefficient (Wildman–Crippen LogP) is 6.73. The quantitative estimate of drug-likeness (QED) is 0.234. The molecule has 1 heterocycles. The van der Waals surface area contributed by atoms with Gasteiger partial charge in [0.1, 0.15) is 5.75 Å². The molecule has 0 bridgehead atoms. The number of H-pyrrole nitrogens is 1. The lowest BCUT2D eigenvalue weighted by Crippen LogP contribution is -2.01. The van der Waals surface area contributed by atoms with Gasteiger partial charge in [0.05, 0.1) is 17.8 Å². The van der Waals surface area contributed by atoms with Gasteiger partial charge in [-0.3, -0.25) is 5.10 Å². The normalized spacial score (nSPS) is 11.6. The van der Waals surface area contributed by atoms with Crippen LogP contribution in [0.4, 0.5) is 0 Å². The second-order valence-corrected chi connectivity index (χ2v) is 8.05. The Kier molecular flexibility index (Phi) is 9.71. The lowest BCUT2D eigenvalue weighted by Gasteiger charge is -2.08. The van der Waals surface area contributed by atoms with E-state index in [2.05, 4.69) is 22.2 Å². The Labute approximate surface area is 178 Å². The summed E-state index contributed by atoms with van der Waals surface area (Å²) in [5, 5.41) is 12.0. The van der Waals surface area contributed by atoms with Gasteiger partial charge in [0.15, 0.2) is 5.82 Å². The zero-order valence-corrected chi connectivity index (χ0v) is 18.7. The Morgan fingerprint density at radius 1 is 1.21 bits per heavy atom. The summed E-state index contributed by atoms with van der Waals surface area (Å²) in [5.74, 6) is 1.78. The summed E-state index contributed by atoms with van der Waals surface area (Å²) >= 11 is 11.6. The number of unbranched alkanes of at least 4 members (excludes halogenated alkanes) is 6. The Hall–Kier alpha value is -1.66. The van der Waals surface area contributed by atoms with E-state index in [0.29, 0.717) is 9.79 Å². The largest absolute Gasteiger partial charge is 0.494 e. The zero-order valence-electron chi connectivity index (χ0n) is 17.1. The van der Waals surface area contributed by atoms with E-state index in [1.54, 1.807) is 10.9 Å². The maximum absolute atomic E-state index is 6.39. The number of benzene rings is 1. The van der Waals surface area contributed by atoms with Crippen molar-refractivity contribution in [2.24, 2.45) is 5.10 Å². The van der Waals surface area contributed by atoms with Gasteiger partial charge < -0.3 is 4.74 Å². The molecule has 0 spiro atoms. The number of nitrogens with one attached hydrogen (secondary N) is 1. The van der Waals surface area contributed by atoms with E-state index in [1.807, 2.05) is 32.0 Å². The molecular weight excluding hydrogens is 392 g/mol. The second kappa shape index (κ2) is 12.0. The Balaban J connectivity index is 1.85. The number of ether oxygens (including phenoxy) is 1. The van der Waals surface area contributed by atoms with Gasteiger partial charge in [0.25, 0.3) is 0 Å². The number of hydrogen-bond donors (Lipinski definition) is 1. The Morgan fingerprint density at radius 3 is 2.61 bits per heavy atom. The minimum Gasteiger partial charge on any atom is -0.494 e. The maximum atomic E-state index is 6.39. The van der Waals surface area contributed by atoms with E-state index in [1.165, 1.54) is 38.5 Å². The van der Waals surface area contributed by atoms with Crippen molar-refractivity contribution in [1.82, 2.24) is 14.9 Å². The van der Waals surface area contributed by atoms with Gasteiger partial charge in [0.2, 0.25) is 4.77 Å². The average Bonchev–Trinajstić information content (AvgIpc) is 3.04. The maximum Gasteiger partial charge on any atom is 0.216 e. The minimum absolute atomic E-state index is 0.211. The van der Waals surface area contributed by atoms with Crippen molar-refractivity contribution in [1.29, 1.82) is 0 Å². The fourth-order valence-electron chi connectivity index (χ4n) is 2.86. The molecule has 0 amide bonds. The fourth-order valence-corrected chi connectivity index (χ4v) is 3.27. The van der Waals surface area contributed by atoms with E-state index in [9.17, 15) is 0 Å². The molecule has 2 aromatic rings. The van der Waals surface area contributed by atoms with Crippen LogP contribution < -0.4 is 4.74 Å². The van der Waals surface area contributed by atoms with Crippen LogP contribution in [0, 0.1) is 4.77 Å². The first kappa shape index (κ1) is 22.6. The zero-order chi connectivity index (χ0) is 20.4. The van der Waals surface area contributed by atoms with E-state index in [0.717, 1.165) is 30.2 Å². The van der Waals surface area contributed by atoms with Crippen molar-refractivity contribution in [3.05, 3.63) is 39.4 Å². The number of nitrogens with zero attached hydrogens (tertiary/aromatic N) is 3. The number of aromatic nitrogens is 3. The highest BCUT2D eigenvalue weighted by molar-refractivity contribution is 7.71. The smallest absolute Gasteiger partial charge is 0.216 e. The van der Waals surface area contributed by atoms with Gasteiger partial charge in [-0.05, 0) is 36.8 Å². The predicted molar refractivity (Wildman–Crippen MR) is 119 cm³/mol. The monoisotopic (exact) mass is 422 g/mol. The van der Waals surface area contributed by atoms with Gasteiger partial charge in [-0.25, -0.2) is 0 Å². The van der Waals surface area contributed by atoms with Crippen molar-refractivity contribution in [2.75, 3.05) is 6.61 Å². The fraction of sp³-hybridized carbons (Fsp3) is 0.571. The van der Waals surface area contributed by atoms with Crippen LogP contribution in [0.5, 0.6) is 5.75 Å². The first-order valence-electron chi connectivity index (χ1n) is 10.2. The van der Waals surface area contributed by atoms with E-state index < -0.39 is 0 Å². The van der Waals surface area contributed by atoms with E-state index >= 15 is 0 Å². The number of halogens is 1. The highest BCUT2D eigenvalue weighted by Gasteiger charge is 2.09. The van der Waals surface area contributed by atoms with Crippen molar-refractivity contribution in [3.63, 3.8) is 0 Å². The van der Waals surface area contributed by atoms with Crippen molar-refractivity contribution in [2.45, 2.75) is 71.6 Å². The molecule has 1 aromatic heterocycles. The third-order valence-electron chi connectivity index (χ3n) is 4.49. The Bertz CT molecular complexity index is 813. The van der Waals surface area contributed by atoms with Gasteiger partial charge in [-0.15, -0.1) is 0 Å². The summed E-state index contributed by atoms with van der Waals surface area (Å²) in [6, 6.07) is 5.67. The molecule has 154 valence electrons. The SMILES string of the molecule is CCCCCCCCCOc1ccc(/C=N\n2c(C(C)C)n[nH]c2=S)c(Cl)c1. The molecule has 28 heavy (non-hydrogen) atoms. The highest BCUT2D eigenvalue weighted by atomic mass is 35.5. The van der Waals surface area contributed by atoms with Crippen LogP contribution in [-0.2, 0) is 0 Å². The van der Waals surface area contributed by atoms with Crippen LogP contribution in [0.2, 0.25) is 5.02 Å². The molecule has 0 atom stereocenters. The third-order valence-corrected chi connectivity index (χ3v) is 5.08. The molecule has 7 heteroatoms. The first-order chi connectivity index (χ1) is 13.5. The van der Waals surface area contributed by atoms with Crippen LogP contribution in [-0.4, -0.2) is 27.7 Å². The number of hydrogen-bond acceptors (Lipinski definition) is 4. The van der Waals surface area contributed by atoms with Crippen LogP contribution >= 0.6 is 23.8 Å². The molecule has 0 aliphatic carbocycles. The summed E-state index contributed by atoms with van der Waals surface area (Å²) in [5.41, 5.74) is 0.808. The lowest BCUT2D eigenvalue weighted by molar-refractivity contribution is 0.304.